The molecule has 2 rings (SSSR count). The van der Waals surface area contributed by atoms with Crippen LogP contribution in [0, 0.1) is 17.8 Å². The van der Waals surface area contributed by atoms with E-state index in [9.17, 15) is 9.59 Å². The molecule has 0 aliphatic carbocycles. The maximum Gasteiger partial charge on any atom is 0.308 e. The molecule has 4 atom stereocenters. The SMILES string of the molecule is CC1CCOC1C(=O)N1C[C@@H](C)[C@H](C(=O)O)C1. The minimum Gasteiger partial charge on any atom is -0.481 e. The zero-order chi connectivity index (χ0) is 12.6. The number of carboxylic acid groups (broad SMARTS) is 1. The van der Waals surface area contributed by atoms with Crippen molar-refractivity contribution in [2.24, 2.45) is 17.8 Å². The van der Waals surface area contributed by atoms with Gasteiger partial charge < -0.3 is 14.7 Å². The van der Waals surface area contributed by atoms with Crippen molar-refractivity contribution in [1.29, 1.82) is 0 Å². The molecular formula is C12H19NO4. The smallest absolute Gasteiger partial charge is 0.308 e. The van der Waals surface area contributed by atoms with E-state index in [4.69, 9.17) is 9.84 Å². The van der Waals surface area contributed by atoms with E-state index in [-0.39, 0.29) is 23.8 Å². The highest BCUT2D eigenvalue weighted by molar-refractivity contribution is 5.83. The summed E-state index contributed by atoms with van der Waals surface area (Å²) in [5.41, 5.74) is 0. The van der Waals surface area contributed by atoms with Gasteiger partial charge in [-0.2, -0.15) is 0 Å². The number of amides is 1. The molecule has 2 fully saturated rings. The highest BCUT2D eigenvalue weighted by atomic mass is 16.5. The van der Waals surface area contributed by atoms with Crippen LogP contribution in [0.5, 0.6) is 0 Å². The van der Waals surface area contributed by atoms with Crippen LogP contribution in [0.2, 0.25) is 0 Å². The molecule has 0 radical (unpaired) electrons. The van der Waals surface area contributed by atoms with Crippen LogP contribution in [0.3, 0.4) is 0 Å². The number of hydrogen-bond donors (Lipinski definition) is 1. The summed E-state index contributed by atoms with van der Waals surface area (Å²) >= 11 is 0. The van der Waals surface area contributed by atoms with Gasteiger partial charge in [0.05, 0.1) is 5.92 Å². The zero-order valence-corrected chi connectivity index (χ0v) is 10.3. The summed E-state index contributed by atoms with van der Waals surface area (Å²) in [6, 6.07) is 0. The predicted octanol–water partition coefficient (Wildman–Crippen LogP) is 0.591. The van der Waals surface area contributed by atoms with Crippen LogP contribution < -0.4 is 0 Å². The normalized spacial score (nSPS) is 37.4. The third kappa shape index (κ3) is 2.29. The number of carboxylic acids is 1. The molecule has 17 heavy (non-hydrogen) atoms. The van der Waals surface area contributed by atoms with Gasteiger partial charge in [0.25, 0.3) is 5.91 Å². The third-order valence-electron chi connectivity index (χ3n) is 3.87. The summed E-state index contributed by atoms with van der Waals surface area (Å²) < 4.78 is 5.43. The quantitative estimate of drug-likeness (QED) is 0.768. The van der Waals surface area contributed by atoms with Crippen LogP contribution in [-0.2, 0) is 14.3 Å². The lowest BCUT2D eigenvalue weighted by molar-refractivity contribution is -0.143. The minimum absolute atomic E-state index is 0.0214. The standard InChI is InChI=1S/C12H19NO4/c1-7-3-4-17-10(7)11(14)13-5-8(2)9(6-13)12(15)16/h7-10H,3-6H2,1-2H3,(H,15,16)/t7?,8-,9-,10?/m1/s1. The van der Waals surface area contributed by atoms with Crippen molar-refractivity contribution < 1.29 is 19.4 Å². The summed E-state index contributed by atoms with van der Waals surface area (Å²) in [6.07, 6.45) is 0.539. The number of carbonyl (C=O) groups excluding carboxylic acids is 1. The van der Waals surface area contributed by atoms with Crippen molar-refractivity contribution in [3.63, 3.8) is 0 Å². The van der Waals surface area contributed by atoms with E-state index in [2.05, 4.69) is 0 Å². The molecule has 2 aliphatic heterocycles. The molecule has 96 valence electrons. The molecule has 0 aromatic rings. The second kappa shape index (κ2) is 4.64. The highest BCUT2D eigenvalue weighted by Crippen LogP contribution is 2.27. The number of rotatable bonds is 2. The molecule has 0 saturated carbocycles. The number of likely N-dealkylation sites (tertiary alicyclic amines) is 1. The van der Waals surface area contributed by atoms with Gasteiger partial charge in [-0.1, -0.05) is 13.8 Å². The monoisotopic (exact) mass is 241 g/mol. The highest BCUT2D eigenvalue weighted by Gasteiger charge is 2.41. The Kier molecular flexibility index (Phi) is 3.38. The fourth-order valence-corrected chi connectivity index (χ4v) is 2.66. The summed E-state index contributed by atoms with van der Waals surface area (Å²) in [5, 5.41) is 9.03. The van der Waals surface area contributed by atoms with Crippen LogP contribution in [0.1, 0.15) is 20.3 Å². The van der Waals surface area contributed by atoms with Crippen molar-refractivity contribution >= 4 is 11.9 Å². The number of ether oxygens (including phenoxy) is 1. The predicted molar refractivity (Wildman–Crippen MR) is 60.4 cm³/mol. The van der Waals surface area contributed by atoms with Gasteiger partial charge in [-0.15, -0.1) is 0 Å². The average Bonchev–Trinajstić information content (AvgIpc) is 2.83. The first-order valence-electron chi connectivity index (χ1n) is 6.14. The van der Waals surface area contributed by atoms with Crippen LogP contribution in [0.4, 0.5) is 0 Å². The zero-order valence-electron chi connectivity index (χ0n) is 10.3. The minimum atomic E-state index is -0.812. The Bertz CT molecular complexity index is 330. The van der Waals surface area contributed by atoms with Crippen molar-refractivity contribution in [2.45, 2.75) is 26.4 Å². The van der Waals surface area contributed by atoms with E-state index in [1.807, 2.05) is 13.8 Å². The lowest BCUT2D eigenvalue weighted by atomic mass is 9.99. The Morgan fingerprint density at radius 3 is 2.41 bits per heavy atom. The molecule has 1 N–H and O–H groups in total. The van der Waals surface area contributed by atoms with Crippen molar-refractivity contribution in [2.75, 3.05) is 19.7 Å². The maximum atomic E-state index is 12.2. The Hall–Kier alpha value is -1.10. The van der Waals surface area contributed by atoms with Gasteiger partial charge in [0.1, 0.15) is 6.10 Å². The fraction of sp³-hybridized carbons (Fsp3) is 0.833. The number of hydrogen-bond acceptors (Lipinski definition) is 3. The molecule has 0 aromatic carbocycles. The Morgan fingerprint density at radius 1 is 1.24 bits per heavy atom. The first kappa shape index (κ1) is 12.4. The average molecular weight is 241 g/mol. The third-order valence-corrected chi connectivity index (χ3v) is 3.87. The Balaban J connectivity index is 2.00. The van der Waals surface area contributed by atoms with E-state index in [0.717, 1.165) is 6.42 Å². The van der Waals surface area contributed by atoms with Crippen molar-refractivity contribution in [1.82, 2.24) is 4.90 Å². The summed E-state index contributed by atoms with van der Waals surface area (Å²) in [5.74, 6) is -1.02. The van der Waals surface area contributed by atoms with E-state index in [1.165, 1.54) is 0 Å². The second-order valence-electron chi connectivity index (χ2n) is 5.22. The Morgan fingerprint density at radius 2 is 1.94 bits per heavy atom. The van der Waals surface area contributed by atoms with Gasteiger partial charge >= 0.3 is 5.97 Å². The first-order valence-corrected chi connectivity index (χ1v) is 6.14. The van der Waals surface area contributed by atoms with E-state index in [1.54, 1.807) is 4.90 Å². The number of carbonyl (C=O) groups is 2. The summed E-state index contributed by atoms with van der Waals surface area (Å²) in [7, 11) is 0. The first-order chi connectivity index (χ1) is 8.00. The molecule has 0 bridgehead atoms. The van der Waals surface area contributed by atoms with Crippen LogP contribution in [0.25, 0.3) is 0 Å². The molecule has 2 saturated heterocycles. The molecule has 1 amide bonds. The van der Waals surface area contributed by atoms with Gasteiger partial charge in [-0.3, -0.25) is 9.59 Å². The fourth-order valence-electron chi connectivity index (χ4n) is 2.66. The topological polar surface area (TPSA) is 66.8 Å². The van der Waals surface area contributed by atoms with Crippen molar-refractivity contribution in [3.05, 3.63) is 0 Å². The van der Waals surface area contributed by atoms with Gasteiger partial charge in [-0.05, 0) is 18.3 Å². The van der Waals surface area contributed by atoms with Crippen LogP contribution >= 0.6 is 0 Å². The van der Waals surface area contributed by atoms with Gasteiger partial charge in [0.2, 0.25) is 0 Å². The summed E-state index contributed by atoms with van der Waals surface area (Å²) in [6.45, 7) is 5.36. The molecule has 5 nitrogen and oxygen atoms in total. The molecule has 2 unspecified atom stereocenters. The lowest BCUT2D eigenvalue weighted by Gasteiger charge is -2.22. The molecule has 0 aromatic heterocycles. The molecular weight excluding hydrogens is 222 g/mol. The number of aliphatic carboxylic acids is 1. The van der Waals surface area contributed by atoms with Gasteiger partial charge in [0, 0.05) is 19.7 Å². The lowest BCUT2D eigenvalue weighted by Crippen LogP contribution is -2.40. The molecule has 0 spiro atoms. The molecule has 2 aliphatic rings. The molecule has 5 heteroatoms. The van der Waals surface area contributed by atoms with Crippen molar-refractivity contribution in [3.8, 4) is 0 Å². The maximum absolute atomic E-state index is 12.2. The number of nitrogens with zero attached hydrogens (tertiary/aromatic N) is 1. The Labute approximate surface area is 101 Å². The second-order valence-corrected chi connectivity index (χ2v) is 5.22. The van der Waals surface area contributed by atoms with E-state index in [0.29, 0.717) is 19.7 Å². The van der Waals surface area contributed by atoms with E-state index < -0.39 is 11.9 Å². The van der Waals surface area contributed by atoms with E-state index >= 15 is 0 Å². The van der Waals surface area contributed by atoms with Crippen LogP contribution in [-0.4, -0.2) is 47.7 Å². The molecule has 2 heterocycles. The summed E-state index contributed by atoms with van der Waals surface area (Å²) in [4.78, 5) is 24.8. The van der Waals surface area contributed by atoms with Gasteiger partial charge in [0.15, 0.2) is 0 Å². The van der Waals surface area contributed by atoms with Gasteiger partial charge in [-0.25, -0.2) is 0 Å². The largest absolute Gasteiger partial charge is 0.481 e. The van der Waals surface area contributed by atoms with Crippen LogP contribution in [0.15, 0.2) is 0 Å².